The van der Waals surface area contributed by atoms with Crippen LogP contribution < -0.4 is 0 Å². The van der Waals surface area contributed by atoms with Crippen LogP contribution >= 0.6 is 0 Å². The van der Waals surface area contributed by atoms with Crippen molar-refractivity contribution in [3.63, 3.8) is 0 Å². The molecule has 1 nitrogen and oxygen atoms in total. The van der Waals surface area contributed by atoms with Gasteiger partial charge < -0.3 is 5.48 Å². The van der Waals surface area contributed by atoms with Crippen molar-refractivity contribution in [3.05, 3.63) is 0 Å². The molecule has 18 heavy (non-hydrogen) atoms. The second kappa shape index (κ2) is 19.3. The summed E-state index contributed by atoms with van der Waals surface area (Å²) in [5.41, 5.74) is 0. The van der Waals surface area contributed by atoms with Gasteiger partial charge in [-0.2, -0.15) is 0 Å². The van der Waals surface area contributed by atoms with Crippen molar-refractivity contribution in [2.45, 2.75) is 99.3 Å². The second-order valence-corrected chi connectivity index (χ2v) is 5.43. The van der Waals surface area contributed by atoms with Crippen LogP contribution in [0.4, 0.5) is 0 Å². The van der Waals surface area contributed by atoms with Gasteiger partial charge in [0.15, 0.2) is 0 Å². The molecule has 0 bridgehead atoms. The van der Waals surface area contributed by atoms with Crippen LogP contribution in [0.1, 0.15) is 99.3 Å². The van der Waals surface area contributed by atoms with E-state index < -0.39 is 0 Å². The van der Waals surface area contributed by atoms with Crippen molar-refractivity contribution < 1.29 is 5.48 Å². The van der Waals surface area contributed by atoms with Crippen LogP contribution in [0.3, 0.4) is 0 Å². The zero-order valence-corrected chi connectivity index (χ0v) is 14.0. The van der Waals surface area contributed by atoms with Gasteiger partial charge in [-0.1, -0.05) is 99.3 Å². The summed E-state index contributed by atoms with van der Waals surface area (Å²) in [4.78, 5) is 0. The van der Waals surface area contributed by atoms with Gasteiger partial charge in [-0.3, -0.25) is 0 Å². The quantitative estimate of drug-likeness (QED) is 0.593. The highest BCUT2D eigenvalue weighted by atomic mass is 16.0. The van der Waals surface area contributed by atoms with Gasteiger partial charge in [0.25, 0.3) is 0 Å². The maximum atomic E-state index is 2.36. The van der Waals surface area contributed by atoms with Gasteiger partial charge in [-0.15, -0.1) is 0 Å². The molecular weight excluding hydrogens is 220 g/mol. The highest BCUT2D eigenvalue weighted by molar-refractivity contribution is 4.59. The van der Waals surface area contributed by atoms with Gasteiger partial charge in [0.1, 0.15) is 0 Å². The highest BCUT2D eigenvalue weighted by Gasteiger charge is 2.05. The van der Waals surface area contributed by atoms with Crippen LogP contribution in [0.15, 0.2) is 0 Å². The molecule has 0 atom stereocenters. The molecule has 1 rings (SSSR count). The Labute approximate surface area is 117 Å². The summed E-state index contributed by atoms with van der Waals surface area (Å²) in [7, 11) is 0. The molecule has 0 spiro atoms. The number of hydrogen-bond donors (Lipinski definition) is 0. The Morgan fingerprint density at radius 1 is 0.889 bits per heavy atom. The standard InChI is InChI=1S/C8H18.C7H14.C2H6.H2O/c1-4-6-8(3)7-5-2;1-7-5-3-2-4-6-7;1-2;/h8H,4-7H2,1-3H3;7H,2-6H2,1H3;1-2H3;1H2. The van der Waals surface area contributed by atoms with E-state index in [0.717, 1.165) is 11.8 Å². The molecular formula is C17H40O. The van der Waals surface area contributed by atoms with Gasteiger partial charge in [-0.25, -0.2) is 0 Å². The Kier molecular flexibility index (Phi) is 24.8. The van der Waals surface area contributed by atoms with Crippen LogP contribution in [-0.2, 0) is 0 Å². The van der Waals surface area contributed by atoms with E-state index in [4.69, 9.17) is 0 Å². The Bertz CT molecular complexity index is 111. The summed E-state index contributed by atoms with van der Waals surface area (Å²) in [6, 6.07) is 0. The average Bonchev–Trinajstić information content (AvgIpc) is 2.34. The van der Waals surface area contributed by atoms with Crippen LogP contribution in [-0.4, -0.2) is 5.48 Å². The first-order valence-electron chi connectivity index (χ1n) is 8.20. The Hall–Kier alpha value is -0.0400. The SMILES string of the molecule is CC.CC1CCCCC1.CCCC(C)CCC.O. The van der Waals surface area contributed by atoms with Gasteiger partial charge in [0.2, 0.25) is 0 Å². The van der Waals surface area contributed by atoms with E-state index >= 15 is 0 Å². The average molecular weight is 261 g/mol. The summed E-state index contributed by atoms with van der Waals surface area (Å²) in [5, 5.41) is 0. The van der Waals surface area contributed by atoms with E-state index in [1.54, 1.807) is 0 Å². The first-order valence-corrected chi connectivity index (χ1v) is 8.20. The molecule has 0 aromatic rings. The van der Waals surface area contributed by atoms with Gasteiger partial charge in [0, 0.05) is 0 Å². The molecule has 0 radical (unpaired) electrons. The number of hydrogen-bond acceptors (Lipinski definition) is 0. The van der Waals surface area contributed by atoms with Crippen LogP contribution in [0.5, 0.6) is 0 Å². The Morgan fingerprint density at radius 2 is 1.28 bits per heavy atom. The fourth-order valence-electron chi connectivity index (χ4n) is 2.44. The minimum Gasteiger partial charge on any atom is -0.412 e. The lowest BCUT2D eigenvalue weighted by molar-refractivity contribution is 0.385. The molecule has 1 aliphatic carbocycles. The van der Waals surface area contributed by atoms with Gasteiger partial charge in [-0.05, 0) is 11.8 Å². The fourth-order valence-corrected chi connectivity index (χ4v) is 2.44. The van der Waals surface area contributed by atoms with Gasteiger partial charge in [0.05, 0.1) is 0 Å². The smallest absolute Gasteiger partial charge is 0.0443 e. The minimum atomic E-state index is 0. The Balaban J connectivity index is -0.000000210. The van der Waals surface area contributed by atoms with E-state index in [1.165, 1.54) is 57.8 Å². The van der Waals surface area contributed by atoms with E-state index in [9.17, 15) is 0 Å². The normalized spacial score (nSPS) is 14.8. The zero-order valence-electron chi connectivity index (χ0n) is 14.0. The third kappa shape index (κ3) is 18.3. The molecule has 0 saturated heterocycles. The second-order valence-electron chi connectivity index (χ2n) is 5.43. The molecule has 0 unspecified atom stereocenters. The summed E-state index contributed by atoms with van der Waals surface area (Å²) < 4.78 is 0. The van der Waals surface area contributed by atoms with Crippen molar-refractivity contribution in [1.29, 1.82) is 0 Å². The van der Waals surface area contributed by atoms with Gasteiger partial charge >= 0.3 is 0 Å². The van der Waals surface area contributed by atoms with Crippen LogP contribution in [0.2, 0.25) is 0 Å². The summed E-state index contributed by atoms with van der Waals surface area (Å²) in [6.45, 7) is 13.2. The van der Waals surface area contributed by atoms with Crippen molar-refractivity contribution in [1.82, 2.24) is 0 Å². The molecule has 0 amide bonds. The van der Waals surface area contributed by atoms with Crippen LogP contribution in [0.25, 0.3) is 0 Å². The van der Waals surface area contributed by atoms with Crippen LogP contribution in [0, 0.1) is 11.8 Å². The largest absolute Gasteiger partial charge is 0.412 e. The van der Waals surface area contributed by atoms with E-state index in [-0.39, 0.29) is 5.48 Å². The molecule has 1 aliphatic rings. The monoisotopic (exact) mass is 260 g/mol. The summed E-state index contributed by atoms with van der Waals surface area (Å²) in [6.07, 6.45) is 13.0. The lowest BCUT2D eigenvalue weighted by Crippen LogP contribution is -1.99. The molecule has 0 aromatic heterocycles. The minimum absolute atomic E-state index is 0. The van der Waals surface area contributed by atoms with Crippen molar-refractivity contribution in [2.24, 2.45) is 11.8 Å². The van der Waals surface area contributed by atoms with E-state index in [1.807, 2.05) is 13.8 Å². The fraction of sp³-hybridized carbons (Fsp3) is 1.00. The topological polar surface area (TPSA) is 31.5 Å². The van der Waals surface area contributed by atoms with E-state index in [2.05, 4.69) is 27.7 Å². The first kappa shape index (κ1) is 23.1. The molecule has 0 aliphatic heterocycles. The molecule has 1 saturated carbocycles. The number of rotatable bonds is 4. The zero-order chi connectivity index (χ0) is 13.5. The van der Waals surface area contributed by atoms with E-state index in [0.29, 0.717) is 0 Å². The summed E-state index contributed by atoms with van der Waals surface area (Å²) >= 11 is 0. The van der Waals surface area contributed by atoms with Crippen molar-refractivity contribution >= 4 is 0 Å². The molecule has 0 heterocycles. The Morgan fingerprint density at radius 3 is 1.50 bits per heavy atom. The lowest BCUT2D eigenvalue weighted by Gasteiger charge is -2.15. The highest BCUT2D eigenvalue weighted by Crippen LogP contribution is 2.22. The molecule has 0 aromatic carbocycles. The lowest BCUT2D eigenvalue weighted by atomic mass is 9.91. The maximum absolute atomic E-state index is 2.36. The third-order valence-electron chi connectivity index (χ3n) is 3.46. The predicted molar refractivity (Wildman–Crippen MR) is 86.2 cm³/mol. The van der Waals surface area contributed by atoms with Crippen molar-refractivity contribution in [2.75, 3.05) is 0 Å². The molecule has 114 valence electrons. The maximum Gasteiger partial charge on any atom is -0.0443 e. The predicted octanol–water partition coefficient (Wildman–Crippen LogP) is 6.01. The third-order valence-corrected chi connectivity index (χ3v) is 3.46. The first-order chi connectivity index (χ1) is 8.20. The summed E-state index contributed by atoms with van der Waals surface area (Å²) in [5.74, 6) is 2.00. The molecule has 2 N–H and O–H groups in total. The molecule has 1 fully saturated rings. The van der Waals surface area contributed by atoms with Crippen molar-refractivity contribution in [3.8, 4) is 0 Å². The molecule has 1 heteroatoms.